The molecule has 25 heavy (non-hydrogen) atoms. The first-order valence-corrected chi connectivity index (χ1v) is 8.14. The minimum Gasteiger partial charge on any atom is -0.386 e. The second-order valence-corrected chi connectivity index (χ2v) is 6.58. The Hall–Kier alpha value is -2.48. The van der Waals surface area contributed by atoms with Crippen molar-refractivity contribution in [2.24, 2.45) is 0 Å². The predicted molar refractivity (Wildman–Crippen MR) is 88.8 cm³/mol. The molecule has 3 rings (SSSR count). The van der Waals surface area contributed by atoms with E-state index in [2.05, 4.69) is 10.1 Å². The standard InChI is InChI=1S/C17H21FN4O3/c1-12-8-14(25-20-12)16(23)21(2)10-17(24)6-3-7-22(11-17)15-5-4-13(18)9-19-15/h4-5,8-9,24H,3,6-7,10-11H2,1-2H3/t17-/m0/s1. The van der Waals surface area contributed by atoms with Crippen LogP contribution in [-0.2, 0) is 0 Å². The number of pyridine rings is 1. The van der Waals surface area contributed by atoms with Gasteiger partial charge >= 0.3 is 0 Å². The van der Waals surface area contributed by atoms with E-state index in [-0.39, 0.29) is 18.2 Å². The predicted octanol–water partition coefficient (Wildman–Crippen LogP) is 1.62. The fourth-order valence-electron chi connectivity index (χ4n) is 3.16. The van der Waals surface area contributed by atoms with E-state index in [0.717, 1.165) is 19.2 Å². The topological polar surface area (TPSA) is 82.7 Å². The van der Waals surface area contributed by atoms with Gasteiger partial charge in [-0.15, -0.1) is 0 Å². The van der Waals surface area contributed by atoms with Crippen LogP contribution >= 0.6 is 0 Å². The van der Waals surface area contributed by atoms with E-state index < -0.39 is 11.4 Å². The number of carbonyl (C=O) groups is 1. The molecule has 0 aliphatic carbocycles. The van der Waals surface area contributed by atoms with Gasteiger partial charge in [-0.05, 0) is 31.9 Å². The molecule has 1 fully saturated rings. The summed E-state index contributed by atoms with van der Waals surface area (Å²) in [4.78, 5) is 19.8. The average molecular weight is 348 g/mol. The molecule has 1 N–H and O–H groups in total. The highest BCUT2D eigenvalue weighted by Crippen LogP contribution is 2.26. The van der Waals surface area contributed by atoms with Gasteiger partial charge in [0, 0.05) is 26.2 Å². The number of halogens is 1. The van der Waals surface area contributed by atoms with Crippen LogP contribution in [0, 0.1) is 12.7 Å². The quantitative estimate of drug-likeness (QED) is 0.904. The molecule has 1 atom stereocenters. The summed E-state index contributed by atoms with van der Waals surface area (Å²) < 4.78 is 18.0. The van der Waals surface area contributed by atoms with Crippen LogP contribution in [0.1, 0.15) is 29.1 Å². The lowest BCUT2D eigenvalue weighted by atomic mass is 9.92. The van der Waals surface area contributed by atoms with Crippen molar-refractivity contribution in [3.05, 3.63) is 41.7 Å². The number of piperidine rings is 1. The van der Waals surface area contributed by atoms with Gasteiger partial charge in [0.2, 0.25) is 5.76 Å². The van der Waals surface area contributed by atoms with Crippen LogP contribution in [-0.4, -0.2) is 58.3 Å². The molecule has 1 saturated heterocycles. The van der Waals surface area contributed by atoms with E-state index in [1.54, 1.807) is 26.1 Å². The highest BCUT2D eigenvalue weighted by molar-refractivity contribution is 5.91. The highest BCUT2D eigenvalue weighted by Gasteiger charge is 2.36. The van der Waals surface area contributed by atoms with Crippen molar-refractivity contribution in [3.8, 4) is 0 Å². The number of β-amino-alcohol motifs (C(OH)–C–C–N with tert-alkyl or cyclic N) is 1. The number of hydrogen-bond acceptors (Lipinski definition) is 6. The van der Waals surface area contributed by atoms with Crippen molar-refractivity contribution in [2.75, 3.05) is 31.6 Å². The maximum absolute atomic E-state index is 13.0. The second kappa shape index (κ2) is 6.79. The SMILES string of the molecule is Cc1cc(C(=O)N(C)C[C@@]2(O)CCCN(c3ccc(F)cn3)C2)on1. The molecule has 1 aliphatic rings. The molecule has 3 heterocycles. The smallest absolute Gasteiger partial charge is 0.292 e. The molecular weight excluding hydrogens is 327 g/mol. The number of anilines is 1. The Morgan fingerprint density at radius 2 is 2.32 bits per heavy atom. The lowest BCUT2D eigenvalue weighted by molar-refractivity contribution is -0.00106. The summed E-state index contributed by atoms with van der Waals surface area (Å²) in [6.45, 7) is 2.93. The minimum absolute atomic E-state index is 0.150. The number of aromatic nitrogens is 2. The normalized spacial score (nSPS) is 20.6. The van der Waals surface area contributed by atoms with Crippen molar-refractivity contribution < 1.29 is 18.8 Å². The van der Waals surface area contributed by atoms with Crippen LogP contribution in [0.3, 0.4) is 0 Å². The third-order valence-corrected chi connectivity index (χ3v) is 4.31. The van der Waals surface area contributed by atoms with Gasteiger partial charge < -0.3 is 19.4 Å². The van der Waals surface area contributed by atoms with Gasteiger partial charge in [-0.1, -0.05) is 5.16 Å². The molecule has 0 aromatic carbocycles. The zero-order chi connectivity index (χ0) is 18.0. The molecule has 0 saturated carbocycles. The lowest BCUT2D eigenvalue weighted by Gasteiger charge is -2.41. The number of aryl methyl sites for hydroxylation is 1. The first-order valence-electron chi connectivity index (χ1n) is 8.14. The third-order valence-electron chi connectivity index (χ3n) is 4.31. The van der Waals surface area contributed by atoms with Crippen LogP contribution in [0.15, 0.2) is 28.9 Å². The van der Waals surface area contributed by atoms with Gasteiger partial charge in [0.05, 0.1) is 24.0 Å². The molecule has 1 amide bonds. The van der Waals surface area contributed by atoms with Gasteiger partial charge in [0.25, 0.3) is 5.91 Å². The largest absolute Gasteiger partial charge is 0.386 e. The molecule has 0 radical (unpaired) electrons. The van der Waals surface area contributed by atoms with Gasteiger partial charge in [-0.2, -0.15) is 0 Å². The molecule has 134 valence electrons. The van der Waals surface area contributed by atoms with Crippen LogP contribution in [0.2, 0.25) is 0 Å². The van der Waals surface area contributed by atoms with Gasteiger partial charge in [0.15, 0.2) is 0 Å². The molecule has 2 aromatic rings. The van der Waals surface area contributed by atoms with Crippen molar-refractivity contribution in [3.63, 3.8) is 0 Å². The minimum atomic E-state index is -1.08. The molecule has 0 spiro atoms. The van der Waals surface area contributed by atoms with Gasteiger partial charge in [-0.25, -0.2) is 9.37 Å². The highest BCUT2D eigenvalue weighted by atomic mass is 19.1. The Kier molecular flexibility index (Phi) is 4.71. The molecule has 8 heteroatoms. The summed E-state index contributed by atoms with van der Waals surface area (Å²) in [7, 11) is 1.62. The fourth-order valence-corrected chi connectivity index (χ4v) is 3.16. The molecule has 0 unspecified atom stereocenters. The van der Waals surface area contributed by atoms with Crippen LogP contribution in [0.5, 0.6) is 0 Å². The molecule has 7 nitrogen and oxygen atoms in total. The second-order valence-electron chi connectivity index (χ2n) is 6.58. The first kappa shape index (κ1) is 17.3. The Balaban J connectivity index is 1.68. The summed E-state index contributed by atoms with van der Waals surface area (Å²) >= 11 is 0. The van der Waals surface area contributed by atoms with Gasteiger partial charge in [0.1, 0.15) is 11.6 Å². The fraction of sp³-hybridized carbons (Fsp3) is 0.471. The van der Waals surface area contributed by atoms with Crippen molar-refractivity contribution in [1.82, 2.24) is 15.0 Å². The lowest BCUT2D eigenvalue weighted by Crippen LogP contribution is -2.54. The van der Waals surface area contributed by atoms with E-state index in [4.69, 9.17) is 4.52 Å². The number of amides is 1. The van der Waals surface area contributed by atoms with Gasteiger partial charge in [-0.3, -0.25) is 4.79 Å². The first-order chi connectivity index (χ1) is 11.9. The zero-order valence-corrected chi connectivity index (χ0v) is 14.3. The number of aliphatic hydroxyl groups is 1. The number of carbonyl (C=O) groups excluding carboxylic acids is 1. The average Bonchev–Trinajstić information content (AvgIpc) is 3.01. The van der Waals surface area contributed by atoms with E-state index in [9.17, 15) is 14.3 Å². The number of hydrogen-bond donors (Lipinski definition) is 1. The maximum Gasteiger partial charge on any atom is 0.292 e. The van der Waals surface area contributed by atoms with E-state index in [0.29, 0.717) is 24.5 Å². The Bertz CT molecular complexity index is 749. The number of likely N-dealkylation sites (N-methyl/N-ethyl adjacent to an activating group) is 1. The van der Waals surface area contributed by atoms with E-state index in [1.165, 1.54) is 11.0 Å². The zero-order valence-electron chi connectivity index (χ0n) is 14.3. The summed E-state index contributed by atoms with van der Waals surface area (Å²) in [6, 6.07) is 4.50. The summed E-state index contributed by atoms with van der Waals surface area (Å²) in [5, 5.41) is 14.7. The van der Waals surface area contributed by atoms with Crippen molar-refractivity contribution in [1.29, 1.82) is 0 Å². The van der Waals surface area contributed by atoms with Crippen molar-refractivity contribution in [2.45, 2.75) is 25.4 Å². The number of rotatable bonds is 4. The Morgan fingerprint density at radius 3 is 2.96 bits per heavy atom. The van der Waals surface area contributed by atoms with Crippen LogP contribution in [0.4, 0.5) is 10.2 Å². The van der Waals surface area contributed by atoms with Crippen LogP contribution in [0.25, 0.3) is 0 Å². The van der Waals surface area contributed by atoms with E-state index in [1.807, 2.05) is 4.90 Å². The molecule has 0 bridgehead atoms. The monoisotopic (exact) mass is 348 g/mol. The Morgan fingerprint density at radius 1 is 1.52 bits per heavy atom. The maximum atomic E-state index is 13.0. The number of nitrogens with zero attached hydrogens (tertiary/aromatic N) is 4. The van der Waals surface area contributed by atoms with E-state index >= 15 is 0 Å². The Labute approximate surface area is 145 Å². The summed E-state index contributed by atoms with van der Waals surface area (Å²) in [5.74, 6) is 0.0330. The van der Waals surface area contributed by atoms with Crippen molar-refractivity contribution >= 4 is 11.7 Å². The summed E-state index contributed by atoms with van der Waals surface area (Å²) in [5.41, 5.74) is -0.449. The summed E-state index contributed by atoms with van der Waals surface area (Å²) in [6.07, 6.45) is 2.47. The van der Waals surface area contributed by atoms with Crippen LogP contribution < -0.4 is 4.90 Å². The molecular formula is C17H21FN4O3. The third kappa shape index (κ3) is 3.96. The molecule has 2 aromatic heterocycles. The molecule has 1 aliphatic heterocycles.